The summed E-state index contributed by atoms with van der Waals surface area (Å²) in [5, 5.41) is 19.4. The molecule has 6 heteroatoms. The monoisotopic (exact) mass is 258 g/mol. The quantitative estimate of drug-likeness (QED) is 0.624. The maximum absolute atomic E-state index is 13.4. The van der Waals surface area contributed by atoms with Gasteiger partial charge in [-0.05, 0) is 36.4 Å². The number of nitrogens with zero attached hydrogens (tertiary/aromatic N) is 2. The zero-order chi connectivity index (χ0) is 13.8. The summed E-state index contributed by atoms with van der Waals surface area (Å²) in [7, 11) is 0. The Bertz CT molecular complexity index is 663. The molecule has 0 aliphatic carbocycles. The molecule has 0 saturated carbocycles. The molecular weight excluding hydrogens is 251 g/mol. The first-order valence-corrected chi connectivity index (χ1v) is 5.22. The number of benzene rings is 2. The lowest BCUT2D eigenvalue weighted by atomic mass is 10.2. The Morgan fingerprint density at radius 1 is 1.21 bits per heavy atom. The Kier molecular flexibility index (Phi) is 3.39. The van der Waals surface area contributed by atoms with Gasteiger partial charge in [0.15, 0.2) is 0 Å². The molecule has 0 heterocycles. The van der Waals surface area contributed by atoms with Crippen molar-refractivity contribution in [2.75, 3.05) is 0 Å². The molecule has 0 fully saturated rings. The molecule has 94 valence electrons. The van der Waals surface area contributed by atoms with E-state index in [0.717, 1.165) is 6.07 Å². The molecular formula is C13H7FN2O3. The number of nitro benzene ring substituents is 1. The molecule has 0 amide bonds. The second kappa shape index (κ2) is 5.14. The van der Waals surface area contributed by atoms with Crippen LogP contribution in [-0.2, 0) is 0 Å². The van der Waals surface area contributed by atoms with Crippen molar-refractivity contribution >= 4 is 5.69 Å². The van der Waals surface area contributed by atoms with Crippen molar-refractivity contribution in [1.82, 2.24) is 0 Å². The lowest BCUT2D eigenvalue weighted by Gasteiger charge is -2.06. The topological polar surface area (TPSA) is 76.2 Å². The van der Waals surface area contributed by atoms with Crippen LogP contribution in [0.4, 0.5) is 10.1 Å². The summed E-state index contributed by atoms with van der Waals surface area (Å²) in [5.41, 5.74) is -0.284. The molecule has 0 aliphatic rings. The number of rotatable bonds is 3. The van der Waals surface area contributed by atoms with Gasteiger partial charge in [0, 0.05) is 0 Å². The van der Waals surface area contributed by atoms with E-state index in [0.29, 0.717) is 5.56 Å². The van der Waals surface area contributed by atoms with E-state index < -0.39 is 16.4 Å². The maximum atomic E-state index is 13.4. The van der Waals surface area contributed by atoms with Crippen molar-refractivity contribution in [3.63, 3.8) is 0 Å². The predicted molar refractivity (Wildman–Crippen MR) is 64.3 cm³/mol. The summed E-state index contributed by atoms with van der Waals surface area (Å²) >= 11 is 0. The standard InChI is InChI=1S/C13H7FN2O3/c14-11-2-1-3-12(13(11)16(17)18)19-10-6-4-9(8-15)5-7-10/h1-7H. The van der Waals surface area contributed by atoms with Crippen LogP contribution in [0.5, 0.6) is 11.5 Å². The van der Waals surface area contributed by atoms with Crippen molar-refractivity contribution in [2.45, 2.75) is 0 Å². The van der Waals surface area contributed by atoms with Crippen LogP contribution < -0.4 is 4.74 Å². The summed E-state index contributed by atoms with van der Waals surface area (Å²) in [6.07, 6.45) is 0. The average Bonchev–Trinajstić information content (AvgIpc) is 2.39. The fourth-order valence-corrected chi connectivity index (χ4v) is 1.48. The van der Waals surface area contributed by atoms with Crippen molar-refractivity contribution in [1.29, 1.82) is 5.26 Å². The molecule has 5 nitrogen and oxygen atoms in total. The lowest BCUT2D eigenvalue weighted by Crippen LogP contribution is -1.96. The van der Waals surface area contributed by atoms with Gasteiger partial charge in [-0.15, -0.1) is 0 Å². The first-order valence-electron chi connectivity index (χ1n) is 5.22. The Morgan fingerprint density at radius 3 is 2.47 bits per heavy atom. The second-order valence-electron chi connectivity index (χ2n) is 3.58. The third-order valence-corrected chi connectivity index (χ3v) is 2.34. The maximum Gasteiger partial charge on any atom is 0.346 e. The normalized spacial score (nSPS) is 9.68. The summed E-state index contributed by atoms with van der Waals surface area (Å²) in [6.45, 7) is 0. The number of para-hydroxylation sites is 1. The first kappa shape index (κ1) is 12.5. The van der Waals surface area contributed by atoms with Crippen LogP contribution in [0.1, 0.15) is 5.56 Å². The van der Waals surface area contributed by atoms with Crippen LogP contribution in [0.25, 0.3) is 0 Å². The number of hydrogen-bond donors (Lipinski definition) is 0. The van der Waals surface area contributed by atoms with Crippen molar-refractivity contribution < 1.29 is 14.1 Å². The van der Waals surface area contributed by atoms with E-state index in [1.165, 1.54) is 36.4 Å². The molecule has 0 unspecified atom stereocenters. The summed E-state index contributed by atoms with van der Waals surface area (Å²) in [4.78, 5) is 9.94. The third-order valence-electron chi connectivity index (χ3n) is 2.34. The van der Waals surface area contributed by atoms with Gasteiger partial charge in [-0.2, -0.15) is 9.65 Å². The minimum Gasteiger partial charge on any atom is -0.450 e. The Labute approximate surface area is 107 Å². The van der Waals surface area contributed by atoms with Crippen LogP contribution >= 0.6 is 0 Å². The van der Waals surface area contributed by atoms with Gasteiger partial charge in [0.1, 0.15) is 5.75 Å². The molecule has 0 spiro atoms. The number of hydrogen-bond acceptors (Lipinski definition) is 4. The van der Waals surface area contributed by atoms with E-state index in [-0.39, 0.29) is 11.5 Å². The second-order valence-corrected chi connectivity index (χ2v) is 3.58. The largest absolute Gasteiger partial charge is 0.450 e. The highest BCUT2D eigenvalue weighted by atomic mass is 19.1. The molecule has 0 bridgehead atoms. The first-order chi connectivity index (χ1) is 9.11. The lowest BCUT2D eigenvalue weighted by molar-refractivity contribution is -0.388. The van der Waals surface area contributed by atoms with E-state index >= 15 is 0 Å². The Hall–Kier alpha value is -2.94. The van der Waals surface area contributed by atoms with E-state index in [2.05, 4.69) is 0 Å². The van der Waals surface area contributed by atoms with Crippen LogP contribution in [0, 0.1) is 27.3 Å². The molecule has 0 aliphatic heterocycles. The van der Waals surface area contributed by atoms with Gasteiger partial charge in [-0.3, -0.25) is 10.1 Å². The third kappa shape index (κ3) is 2.66. The molecule has 0 N–H and O–H groups in total. The van der Waals surface area contributed by atoms with Crippen LogP contribution in [-0.4, -0.2) is 4.92 Å². The zero-order valence-electron chi connectivity index (χ0n) is 9.54. The number of ether oxygens (including phenoxy) is 1. The van der Waals surface area contributed by atoms with Crippen molar-refractivity contribution in [3.05, 3.63) is 64.0 Å². The molecule has 0 saturated heterocycles. The number of nitriles is 1. The molecule has 0 aromatic heterocycles. The van der Waals surface area contributed by atoms with Gasteiger partial charge in [0.05, 0.1) is 16.6 Å². The molecule has 2 aromatic carbocycles. The van der Waals surface area contributed by atoms with Gasteiger partial charge < -0.3 is 4.74 Å². The molecule has 0 atom stereocenters. The van der Waals surface area contributed by atoms with Crippen LogP contribution in [0.2, 0.25) is 0 Å². The fourth-order valence-electron chi connectivity index (χ4n) is 1.48. The van der Waals surface area contributed by atoms with E-state index in [1.807, 2.05) is 6.07 Å². The summed E-state index contributed by atoms with van der Waals surface area (Å²) in [5.74, 6) is -0.862. The molecule has 2 aromatic rings. The van der Waals surface area contributed by atoms with Crippen LogP contribution in [0.3, 0.4) is 0 Å². The van der Waals surface area contributed by atoms with E-state index in [4.69, 9.17) is 10.00 Å². The Balaban J connectivity index is 2.35. The fraction of sp³-hybridized carbons (Fsp3) is 0. The Morgan fingerprint density at radius 2 is 1.89 bits per heavy atom. The van der Waals surface area contributed by atoms with E-state index in [1.54, 1.807) is 0 Å². The highest BCUT2D eigenvalue weighted by Crippen LogP contribution is 2.33. The highest BCUT2D eigenvalue weighted by Gasteiger charge is 2.21. The minimum absolute atomic E-state index is 0.185. The highest BCUT2D eigenvalue weighted by molar-refractivity contribution is 5.49. The number of nitro groups is 1. The van der Waals surface area contributed by atoms with Crippen molar-refractivity contribution in [3.8, 4) is 17.6 Å². The van der Waals surface area contributed by atoms with Crippen LogP contribution in [0.15, 0.2) is 42.5 Å². The average molecular weight is 258 g/mol. The molecule has 2 rings (SSSR count). The summed E-state index contributed by atoms with van der Waals surface area (Å²) in [6, 6.07) is 11.5. The summed E-state index contributed by atoms with van der Waals surface area (Å²) < 4.78 is 18.6. The van der Waals surface area contributed by atoms with E-state index in [9.17, 15) is 14.5 Å². The smallest absolute Gasteiger partial charge is 0.346 e. The minimum atomic E-state index is -0.962. The molecule has 0 radical (unpaired) electrons. The zero-order valence-corrected chi connectivity index (χ0v) is 9.54. The van der Waals surface area contributed by atoms with Gasteiger partial charge in [-0.1, -0.05) is 6.07 Å². The predicted octanol–water partition coefficient (Wildman–Crippen LogP) is 3.40. The van der Waals surface area contributed by atoms with Crippen molar-refractivity contribution in [2.24, 2.45) is 0 Å². The van der Waals surface area contributed by atoms with Gasteiger partial charge in [0.2, 0.25) is 11.6 Å². The van der Waals surface area contributed by atoms with Gasteiger partial charge >= 0.3 is 5.69 Å². The molecule has 19 heavy (non-hydrogen) atoms. The van der Waals surface area contributed by atoms with Gasteiger partial charge in [0.25, 0.3) is 0 Å². The SMILES string of the molecule is N#Cc1ccc(Oc2cccc(F)c2[N+](=O)[O-])cc1. The van der Waals surface area contributed by atoms with Gasteiger partial charge in [-0.25, -0.2) is 0 Å². The number of halogens is 1.